The maximum Gasteiger partial charge on any atom is 0.322 e. The lowest BCUT2D eigenvalue weighted by Crippen LogP contribution is -2.45. The third-order valence-electron chi connectivity index (χ3n) is 4.69. The average molecular weight is 389 g/mol. The summed E-state index contributed by atoms with van der Waals surface area (Å²) in [6.07, 6.45) is -0.374. The van der Waals surface area contributed by atoms with E-state index in [0.29, 0.717) is 38.7 Å². The van der Waals surface area contributed by atoms with Gasteiger partial charge in [-0.25, -0.2) is 9.48 Å². The molecule has 1 aromatic heterocycles. The number of hydrogen-bond donors (Lipinski definition) is 1. The van der Waals surface area contributed by atoms with Gasteiger partial charge in [-0.15, -0.1) is 5.10 Å². The highest BCUT2D eigenvalue weighted by molar-refractivity contribution is 5.91. The molecular formula is C18H27N7O3. The molecule has 0 saturated carbocycles. The van der Waals surface area contributed by atoms with Crippen LogP contribution in [0.3, 0.4) is 0 Å². The van der Waals surface area contributed by atoms with Gasteiger partial charge in [-0.1, -0.05) is 6.07 Å². The van der Waals surface area contributed by atoms with Crippen LogP contribution in [0.1, 0.15) is 17.5 Å². The topological polar surface area (TPSA) is 97.6 Å². The SMILES string of the molecule is COCCn1nnnc1[C@@H]1CN(C(=O)Nc2cc(N(C)C)ccc2C)CCO1. The van der Waals surface area contributed by atoms with E-state index < -0.39 is 0 Å². The zero-order valence-corrected chi connectivity index (χ0v) is 16.8. The zero-order chi connectivity index (χ0) is 20.1. The molecule has 152 valence electrons. The highest BCUT2D eigenvalue weighted by Gasteiger charge is 2.29. The molecule has 1 aliphatic rings. The average Bonchev–Trinajstić information content (AvgIpc) is 3.16. The highest BCUT2D eigenvalue weighted by Crippen LogP contribution is 2.24. The number of amides is 2. The Morgan fingerprint density at radius 3 is 3.00 bits per heavy atom. The van der Waals surface area contributed by atoms with E-state index in [0.717, 1.165) is 16.9 Å². The molecule has 2 heterocycles. The van der Waals surface area contributed by atoms with Crippen molar-refractivity contribution in [3.8, 4) is 0 Å². The van der Waals surface area contributed by atoms with Crippen molar-refractivity contribution < 1.29 is 14.3 Å². The second-order valence-corrected chi connectivity index (χ2v) is 6.88. The van der Waals surface area contributed by atoms with E-state index in [9.17, 15) is 4.79 Å². The summed E-state index contributed by atoms with van der Waals surface area (Å²) in [6.45, 7) is 4.31. The molecule has 1 saturated heterocycles. The van der Waals surface area contributed by atoms with Gasteiger partial charge in [0.2, 0.25) is 0 Å². The molecule has 0 spiro atoms. The Labute approximate surface area is 164 Å². The molecule has 1 N–H and O–H groups in total. The summed E-state index contributed by atoms with van der Waals surface area (Å²) in [7, 11) is 5.56. The summed E-state index contributed by atoms with van der Waals surface area (Å²) in [6, 6.07) is 5.83. The number of benzene rings is 1. The lowest BCUT2D eigenvalue weighted by Gasteiger charge is -2.32. The van der Waals surface area contributed by atoms with Crippen molar-refractivity contribution in [1.82, 2.24) is 25.1 Å². The van der Waals surface area contributed by atoms with Crippen LogP contribution in [0, 0.1) is 6.92 Å². The summed E-state index contributed by atoms with van der Waals surface area (Å²) in [5.41, 5.74) is 2.83. The first-order valence-electron chi connectivity index (χ1n) is 9.20. The molecule has 1 aliphatic heterocycles. The molecule has 1 aromatic carbocycles. The normalized spacial score (nSPS) is 16.9. The molecule has 2 aromatic rings. The van der Waals surface area contributed by atoms with Crippen LogP contribution < -0.4 is 10.2 Å². The largest absolute Gasteiger partial charge is 0.383 e. The number of methoxy groups -OCH3 is 1. The van der Waals surface area contributed by atoms with E-state index >= 15 is 0 Å². The Morgan fingerprint density at radius 2 is 2.25 bits per heavy atom. The lowest BCUT2D eigenvalue weighted by molar-refractivity contribution is -0.0209. The maximum atomic E-state index is 12.8. The Bertz CT molecular complexity index is 808. The lowest BCUT2D eigenvalue weighted by atomic mass is 10.1. The standard InChI is InChI=1S/C18H27N7O3/c1-13-5-6-14(23(2)3)11-15(13)19-18(26)24-7-10-28-16(12-24)17-20-21-22-25(17)8-9-27-4/h5-6,11,16H,7-10,12H2,1-4H3,(H,19,26)/t16-/m0/s1. The van der Waals surface area contributed by atoms with Gasteiger partial charge in [0.25, 0.3) is 0 Å². The fourth-order valence-electron chi connectivity index (χ4n) is 2.99. The number of aromatic nitrogens is 4. The van der Waals surface area contributed by atoms with E-state index in [1.165, 1.54) is 0 Å². The zero-order valence-electron chi connectivity index (χ0n) is 16.8. The first-order chi connectivity index (χ1) is 13.5. The Kier molecular flexibility index (Phi) is 6.42. The van der Waals surface area contributed by atoms with Crippen LogP contribution in [-0.4, -0.2) is 78.6 Å². The molecule has 0 bridgehead atoms. The number of carbonyl (C=O) groups excluding carboxylic acids is 1. The van der Waals surface area contributed by atoms with Gasteiger partial charge >= 0.3 is 6.03 Å². The quantitative estimate of drug-likeness (QED) is 0.795. The fourth-order valence-corrected chi connectivity index (χ4v) is 2.99. The molecular weight excluding hydrogens is 362 g/mol. The van der Waals surface area contributed by atoms with Crippen LogP contribution in [0.15, 0.2) is 18.2 Å². The van der Waals surface area contributed by atoms with Gasteiger partial charge in [-0.05, 0) is 35.0 Å². The van der Waals surface area contributed by atoms with Crippen molar-refractivity contribution in [3.05, 3.63) is 29.6 Å². The molecule has 0 radical (unpaired) electrons. The van der Waals surface area contributed by atoms with Crippen molar-refractivity contribution in [2.45, 2.75) is 19.6 Å². The summed E-state index contributed by atoms with van der Waals surface area (Å²) in [4.78, 5) is 16.6. The predicted octanol–water partition coefficient (Wildman–Crippen LogP) is 1.30. The van der Waals surface area contributed by atoms with Gasteiger partial charge in [0.1, 0.15) is 6.10 Å². The Balaban J connectivity index is 1.68. The summed E-state index contributed by atoms with van der Waals surface area (Å²) in [5, 5.41) is 14.8. The van der Waals surface area contributed by atoms with Crippen molar-refractivity contribution in [1.29, 1.82) is 0 Å². The molecule has 28 heavy (non-hydrogen) atoms. The van der Waals surface area contributed by atoms with E-state index in [-0.39, 0.29) is 12.1 Å². The molecule has 10 nitrogen and oxygen atoms in total. The van der Waals surface area contributed by atoms with E-state index in [4.69, 9.17) is 9.47 Å². The van der Waals surface area contributed by atoms with Gasteiger partial charge < -0.3 is 24.6 Å². The molecule has 1 atom stereocenters. The van der Waals surface area contributed by atoms with Crippen LogP contribution in [0.4, 0.5) is 16.2 Å². The van der Waals surface area contributed by atoms with Crippen LogP contribution in [-0.2, 0) is 16.0 Å². The van der Waals surface area contributed by atoms with Crippen LogP contribution in [0.5, 0.6) is 0 Å². The highest BCUT2D eigenvalue weighted by atomic mass is 16.5. The molecule has 1 fully saturated rings. The van der Waals surface area contributed by atoms with Crippen LogP contribution in [0.25, 0.3) is 0 Å². The van der Waals surface area contributed by atoms with E-state index in [1.807, 2.05) is 44.1 Å². The molecule has 10 heteroatoms. The number of urea groups is 1. The molecule has 0 unspecified atom stereocenters. The predicted molar refractivity (Wildman–Crippen MR) is 104 cm³/mol. The third kappa shape index (κ3) is 4.57. The number of rotatable bonds is 6. The first kappa shape index (κ1) is 20.0. The summed E-state index contributed by atoms with van der Waals surface area (Å²) >= 11 is 0. The van der Waals surface area contributed by atoms with Crippen molar-refractivity contribution >= 4 is 17.4 Å². The number of aryl methyl sites for hydroxylation is 1. The molecule has 2 amide bonds. The molecule has 0 aliphatic carbocycles. The first-order valence-corrected chi connectivity index (χ1v) is 9.20. The smallest absolute Gasteiger partial charge is 0.322 e. The minimum atomic E-state index is -0.374. The number of anilines is 2. The van der Waals surface area contributed by atoms with Crippen LogP contribution >= 0.6 is 0 Å². The van der Waals surface area contributed by atoms with Gasteiger partial charge in [0, 0.05) is 39.1 Å². The third-order valence-corrected chi connectivity index (χ3v) is 4.69. The number of morpholine rings is 1. The van der Waals surface area contributed by atoms with Gasteiger partial charge in [0.15, 0.2) is 5.82 Å². The Hall–Kier alpha value is -2.72. The number of tetrazole rings is 1. The number of ether oxygens (including phenoxy) is 2. The number of nitrogens with one attached hydrogen (secondary N) is 1. The minimum Gasteiger partial charge on any atom is -0.383 e. The van der Waals surface area contributed by atoms with E-state index in [1.54, 1.807) is 16.7 Å². The van der Waals surface area contributed by atoms with Crippen molar-refractivity contribution in [2.75, 3.05) is 57.7 Å². The van der Waals surface area contributed by atoms with Gasteiger partial charge in [-0.3, -0.25) is 0 Å². The van der Waals surface area contributed by atoms with E-state index in [2.05, 4.69) is 20.8 Å². The number of nitrogens with zero attached hydrogens (tertiary/aromatic N) is 6. The maximum absolute atomic E-state index is 12.8. The molecule has 3 rings (SSSR count). The Morgan fingerprint density at radius 1 is 1.43 bits per heavy atom. The van der Waals surface area contributed by atoms with Crippen LogP contribution in [0.2, 0.25) is 0 Å². The monoisotopic (exact) mass is 389 g/mol. The fraction of sp³-hybridized carbons (Fsp3) is 0.556. The van der Waals surface area contributed by atoms with Gasteiger partial charge in [-0.2, -0.15) is 0 Å². The summed E-state index contributed by atoms with van der Waals surface area (Å²) in [5.74, 6) is 0.598. The number of carbonyl (C=O) groups is 1. The van der Waals surface area contributed by atoms with Crippen molar-refractivity contribution in [2.24, 2.45) is 0 Å². The van der Waals surface area contributed by atoms with Crippen molar-refractivity contribution in [3.63, 3.8) is 0 Å². The number of hydrogen-bond acceptors (Lipinski definition) is 7. The second-order valence-electron chi connectivity index (χ2n) is 6.88. The second kappa shape index (κ2) is 8.98. The summed E-state index contributed by atoms with van der Waals surface area (Å²) < 4.78 is 12.6. The minimum absolute atomic E-state index is 0.164. The van der Waals surface area contributed by atoms with Gasteiger partial charge in [0.05, 0.1) is 26.3 Å².